The van der Waals surface area contributed by atoms with Crippen molar-refractivity contribution in [1.82, 2.24) is 26.0 Å². The second-order valence-corrected chi connectivity index (χ2v) is 7.26. The summed E-state index contributed by atoms with van der Waals surface area (Å²) < 4.78 is 5.30. The Hall–Kier alpha value is -3.42. The van der Waals surface area contributed by atoms with Crippen LogP contribution in [0.4, 0.5) is 0 Å². The van der Waals surface area contributed by atoms with Gasteiger partial charge in [-0.15, -0.1) is 0 Å². The summed E-state index contributed by atoms with van der Waals surface area (Å²) >= 11 is 0. The van der Waals surface area contributed by atoms with Crippen molar-refractivity contribution in [1.29, 1.82) is 0 Å². The lowest BCUT2D eigenvalue weighted by atomic mass is 10.1. The standard InChI is InChI=1S/C21H23N5O3/c1-29-19-5-3-2-4-13(19)11-20(27)22-15-7-8-16(12-15)23-21(28)14-6-9-17-18(10-14)25-26-24-17/h2-6,9-10,15-16H,7-8,11-12H2,1H3,(H,22,27)(H,23,28)(H,24,25,26). The minimum Gasteiger partial charge on any atom is -0.496 e. The van der Waals surface area contributed by atoms with E-state index in [2.05, 4.69) is 26.0 Å². The lowest BCUT2D eigenvalue weighted by molar-refractivity contribution is -0.121. The predicted octanol–water partition coefficient (Wildman–Crippen LogP) is 1.98. The van der Waals surface area contributed by atoms with E-state index in [1.165, 1.54) is 0 Å². The van der Waals surface area contributed by atoms with E-state index < -0.39 is 0 Å². The second kappa shape index (κ2) is 8.30. The Labute approximate surface area is 168 Å². The Morgan fingerprint density at radius 2 is 1.83 bits per heavy atom. The number of amides is 2. The van der Waals surface area contributed by atoms with Gasteiger partial charge in [-0.05, 0) is 43.5 Å². The smallest absolute Gasteiger partial charge is 0.251 e. The number of hydrogen-bond acceptors (Lipinski definition) is 5. The number of carbonyl (C=O) groups excluding carboxylic acids is 2. The van der Waals surface area contributed by atoms with E-state index in [1.54, 1.807) is 25.3 Å². The van der Waals surface area contributed by atoms with Crippen molar-refractivity contribution in [3.05, 3.63) is 53.6 Å². The molecule has 150 valence electrons. The fraction of sp³-hybridized carbons (Fsp3) is 0.333. The molecule has 29 heavy (non-hydrogen) atoms. The molecule has 0 radical (unpaired) electrons. The number of aromatic amines is 1. The number of rotatable bonds is 6. The molecule has 1 saturated carbocycles. The minimum atomic E-state index is -0.138. The topological polar surface area (TPSA) is 109 Å². The number of para-hydroxylation sites is 1. The first-order valence-electron chi connectivity index (χ1n) is 9.65. The zero-order valence-corrected chi connectivity index (χ0v) is 16.1. The molecule has 0 spiro atoms. The van der Waals surface area contributed by atoms with Crippen molar-refractivity contribution in [3.8, 4) is 5.75 Å². The summed E-state index contributed by atoms with van der Waals surface area (Å²) in [6, 6.07) is 12.8. The fourth-order valence-corrected chi connectivity index (χ4v) is 3.79. The minimum absolute atomic E-state index is 0.0343. The normalized spacial score (nSPS) is 18.5. The second-order valence-electron chi connectivity index (χ2n) is 7.26. The highest BCUT2D eigenvalue weighted by Gasteiger charge is 2.27. The SMILES string of the molecule is COc1ccccc1CC(=O)NC1CCC(NC(=O)c2ccc3n[nH]nc3c2)C1. The average molecular weight is 393 g/mol. The van der Waals surface area contributed by atoms with Gasteiger partial charge in [-0.1, -0.05) is 18.2 Å². The number of carbonyl (C=O) groups is 2. The number of methoxy groups -OCH3 is 1. The third-order valence-corrected chi connectivity index (χ3v) is 5.25. The summed E-state index contributed by atoms with van der Waals surface area (Å²) in [5.74, 6) is 0.534. The highest BCUT2D eigenvalue weighted by atomic mass is 16.5. The molecule has 2 atom stereocenters. The Bertz CT molecular complexity index is 1030. The van der Waals surface area contributed by atoms with Gasteiger partial charge in [0.15, 0.2) is 0 Å². The molecule has 1 aliphatic rings. The maximum atomic E-state index is 12.5. The molecule has 1 aliphatic carbocycles. The van der Waals surface area contributed by atoms with Crippen LogP contribution in [-0.2, 0) is 11.2 Å². The zero-order valence-electron chi connectivity index (χ0n) is 16.1. The van der Waals surface area contributed by atoms with Gasteiger partial charge in [0.1, 0.15) is 16.8 Å². The van der Waals surface area contributed by atoms with Crippen molar-refractivity contribution in [2.24, 2.45) is 0 Å². The van der Waals surface area contributed by atoms with E-state index in [1.807, 2.05) is 24.3 Å². The van der Waals surface area contributed by atoms with Crippen LogP contribution in [0.3, 0.4) is 0 Å². The van der Waals surface area contributed by atoms with Gasteiger partial charge in [0, 0.05) is 23.2 Å². The quantitative estimate of drug-likeness (QED) is 0.593. The number of ether oxygens (including phenoxy) is 1. The molecular weight excluding hydrogens is 370 g/mol. The Kier molecular flexibility index (Phi) is 5.41. The van der Waals surface area contributed by atoms with Crippen LogP contribution < -0.4 is 15.4 Å². The van der Waals surface area contributed by atoms with Crippen LogP contribution in [0.15, 0.2) is 42.5 Å². The van der Waals surface area contributed by atoms with Gasteiger partial charge in [-0.2, -0.15) is 15.4 Å². The van der Waals surface area contributed by atoms with Crippen LogP contribution in [0.25, 0.3) is 11.0 Å². The van der Waals surface area contributed by atoms with Crippen LogP contribution in [0.2, 0.25) is 0 Å². The van der Waals surface area contributed by atoms with E-state index >= 15 is 0 Å². The molecule has 2 unspecified atom stereocenters. The summed E-state index contributed by atoms with van der Waals surface area (Å²) in [7, 11) is 1.60. The van der Waals surface area contributed by atoms with Crippen molar-refractivity contribution >= 4 is 22.8 Å². The highest BCUT2D eigenvalue weighted by Crippen LogP contribution is 2.22. The number of aromatic nitrogens is 3. The van der Waals surface area contributed by atoms with E-state index in [0.717, 1.165) is 30.3 Å². The Morgan fingerprint density at radius 1 is 1.07 bits per heavy atom. The molecule has 3 aromatic rings. The highest BCUT2D eigenvalue weighted by molar-refractivity contribution is 5.97. The van der Waals surface area contributed by atoms with E-state index in [4.69, 9.17) is 4.74 Å². The summed E-state index contributed by atoms with van der Waals surface area (Å²) in [5, 5.41) is 16.7. The number of nitrogens with one attached hydrogen (secondary N) is 3. The number of benzene rings is 2. The largest absolute Gasteiger partial charge is 0.496 e. The van der Waals surface area contributed by atoms with Gasteiger partial charge in [0.25, 0.3) is 5.91 Å². The number of fused-ring (bicyclic) bond motifs is 1. The van der Waals surface area contributed by atoms with Gasteiger partial charge < -0.3 is 15.4 Å². The van der Waals surface area contributed by atoms with E-state index in [-0.39, 0.29) is 30.3 Å². The first-order valence-corrected chi connectivity index (χ1v) is 9.65. The first kappa shape index (κ1) is 18.9. The van der Waals surface area contributed by atoms with Gasteiger partial charge >= 0.3 is 0 Å². The van der Waals surface area contributed by atoms with Crippen LogP contribution in [0, 0.1) is 0 Å². The van der Waals surface area contributed by atoms with E-state index in [9.17, 15) is 9.59 Å². The molecule has 2 aromatic carbocycles. The molecule has 2 amide bonds. The molecule has 3 N–H and O–H groups in total. The summed E-state index contributed by atoms with van der Waals surface area (Å²) in [4.78, 5) is 25.0. The van der Waals surface area contributed by atoms with Crippen LogP contribution in [0.1, 0.15) is 35.2 Å². The molecule has 8 nitrogen and oxygen atoms in total. The monoisotopic (exact) mass is 393 g/mol. The van der Waals surface area contributed by atoms with Crippen LogP contribution >= 0.6 is 0 Å². The molecule has 0 saturated heterocycles. The molecule has 1 heterocycles. The maximum Gasteiger partial charge on any atom is 0.251 e. The molecular formula is C21H23N5O3. The Morgan fingerprint density at radius 3 is 2.66 bits per heavy atom. The number of hydrogen-bond donors (Lipinski definition) is 3. The van der Waals surface area contributed by atoms with Gasteiger partial charge in [0.05, 0.1) is 13.5 Å². The van der Waals surface area contributed by atoms with Gasteiger partial charge in [-0.25, -0.2) is 0 Å². The predicted molar refractivity (Wildman–Crippen MR) is 108 cm³/mol. The van der Waals surface area contributed by atoms with Crippen molar-refractivity contribution in [2.75, 3.05) is 7.11 Å². The summed E-state index contributed by atoms with van der Waals surface area (Å²) in [5.41, 5.74) is 2.79. The molecule has 1 fully saturated rings. The van der Waals surface area contributed by atoms with Crippen molar-refractivity contribution in [2.45, 2.75) is 37.8 Å². The number of H-pyrrole nitrogens is 1. The van der Waals surface area contributed by atoms with Crippen LogP contribution in [0.5, 0.6) is 5.75 Å². The lowest BCUT2D eigenvalue weighted by Gasteiger charge is -2.15. The molecule has 0 aliphatic heterocycles. The van der Waals surface area contributed by atoms with Crippen molar-refractivity contribution in [3.63, 3.8) is 0 Å². The number of nitrogens with zero attached hydrogens (tertiary/aromatic N) is 2. The molecule has 8 heteroatoms. The third kappa shape index (κ3) is 4.37. The first-order chi connectivity index (χ1) is 14.1. The Balaban J connectivity index is 1.29. The summed E-state index contributed by atoms with van der Waals surface area (Å²) in [6.07, 6.45) is 2.66. The third-order valence-electron chi connectivity index (χ3n) is 5.25. The molecule has 1 aromatic heterocycles. The summed E-state index contributed by atoms with van der Waals surface area (Å²) in [6.45, 7) is 0. The van der Waals surface area contributed by atoms with Gasteiger partial charge in [-0.3, -0.25) is 9.59 Å². The maximum absolute atomic E-state index is 12.5. The average Bonchev–Trinajstić information content (AvgIpc) is 3.36. The van der Waals surface area contributed by atoms with E-state index in [0.29, 0.717) is 16.8 Å². The van der Waals surface area contributed by atoms with Gasteiger partial charge in [0.2, 0.25) is 5.91 Å². The van der Waals surface area contributed by atoms with Crippen LogP contribution in [-0.4, -0.2) is 46.4 Å². The molecule has 4 rings (SSSR count). The fourth-order valence-electron chi connectivity index (χ4n) is 3.79. The lowest BCUT2D eigenvalue weighted by Crippen LogP contribution is -2.37. The van der Waals surface area contributed by atoms with Crippen molar-refractivity contribution < 1.29 is 14.3 Å². The zero-order chi connectivity index (χ0) is 20.2. The molecule has 0 bridgehead atoms.